The van der Waals surface area contributed by atoms with Gasteiger partial charge in [-0.15, -0.1) is 0 Å². The topological polar surface area (TPSA) is 85.2 Å². The van der Waals surface area contributed by atoms with Gasteiger partial charge in [0.1, 0.15) is 12.4 Å². The van der Waals surface area contributed by atoms with Crippen LogP contribution < -0.4 is 4.74 Å². The summed E-state index contributed by atoms with van der Waals surface area (Å²) in [4.78, 5) is 21.5. The van der Waals surface area contributed by atoms with Crippen LogP contribution in [0.4, 0.5) is 0 Å². The lowest BCUT2D eigenvalue weighted by molar-refractivity contribution is 0.0681. The van der Waals surface area contributed by atoms with Gasteiger partial charge < -0.3 is 9.84 Å². The van der Waals surface area contributed by atoms with Crippen molar-refractivity contribution in [3.63, 3.8) is 0 Å². The Bertz CT molecular complexity index is 365. The maximum absolute atomic E-state index is 10.6. The van der Waals surface area contributed by atoms with E-state index in [1.54, 1.807) is 6.92 Å². The minimum Gasteiger partial charge on any atom is -0.475 e. The van der Waals surface area contributed by atoms with E-state index < -0.39 is 5.97 Å². The fraction of sp³-hybridized carbons (Fsp3) is 0.250. The number of carboxylic acid groups (broad SMARTS) is 1. The van der Waals surface area contributed by atoms with Crippen molar-refractivity contribution in [3.8, 4) is 6.01 Å². The minimum absolute atomic E-state index is 0.00481. The summed E-state index contributed by atoms with van der Waals surface area (Å²) in [5, 5.41) is 8.63. The molecule has 0 fully saturated rings. The molecule has 0 amide bonds. The lowest BCUT2D eigenvalue weighted by atomic mass is 10.6. The zero-order valence-corrected chi connectivity index (χ0v) is 7.60. The van der Waals surface area contributed by atoms with Crippen LogP contribution in [0.5, 0.6) is 6.01 Å². The molecular formula is C8H9N3O3. The lowest BCUT2D eigenvalue weighted by Crippen LogP contribution is -2.09. The van der Waals surface area contributed by atoms with E-state index in [2.05, 4.69) is 21.5 Å². The maximum atomic E-state index is 10.6. The van der Waals surface area contributed by atoms with Gasteiger partial charge in [-0.25, -0.2) is 9.78 Å². The Kier molecular flexibility index (Phi) is 3.11. The molecule has 6 heteroatoms. The number of carbonyl (C=O) groups is 1. The van der Waals surface area contributed by atoms with Crippen LogP contribution in [0.1, 0.15) is 16.4 Å². The van der Waals surface area contributed by atoms with E-state index in [1.165, 1.54) is 6.08 Å². The number of hydrogen-bond donors (Lipinski definition) is 1. The summed E-state index contributed by atoms with van der Waals surface area (Å²) in [6, 6.07) is -0.00481. The Morgan fingerprint density at radius 2 is 2.29 bits per heavy atom. The fourth-order valence-electron chi connectivity index (χ4n) is 0.751. The number of hydrogen-bond acceptors (Lipinski definition) is 5. The molecule has 6 nitrogen and oxygen atoms in total. The molecule has 0 saturated heterocycles. The summed E-state index contributed by atoms with van der Waals surface area (Å²) in [5.74, 6) is -1.23. The van der Waals surface area contributed by atoms with Gasteiger partial charge >= 0.3 is 12.0 Å². The van der Waals surface area contributed by atoms with Crippen molar-refractivity contribution in [2.45, 2.75) is 6.92 Å². The van der Waals surface area contributed by atoms with E-state index in [-0.39, 0.29) is 18.4 Å². The quantitative estimate of drug-likeness (QED) is 0.702. The number of rotatable bonds is 4. The smallest absolute Gasteiger partial charge is 0.374 e. The average Bonchev–Trinajstić information content (AvgIpc) is 2.14. The molecule has 0 aliphatic carbocycles. The lowest BCUT2D eigenvalue weighted by Gasteiger charge is -2.01. The number of ether oxygens (including phenoxy) is 1. The van der Waals surface area contributed by atoms with Crippen LogP contribution in [0.25, 0.3) is 0 Å². The second-order valence-electron chi connectivity index (χ2n) is 2.39. The van der Waals surface area contributed by atoms with Gasteiger partial charge in [0.25, 0.3) is 0 Å². The number of aryl methyl sites for hydroxylation is 1. The Morgan fingerprint density at radius 1 is 1.57 bits per heavy atom. The van der Waals surface area contributed by atoms with E-state index in [1.807, 2.05) is 0 Å². The normalized spacial score (nSPS) is 9.50. The SMILES string of the molecule is C=CCOc1nc(C)nc(C(=O)O)n1. The van der Waals surface area contributed by atoms with Crippen molar-refractivity contribution in [1.29, 1.82) is 0 Å². The highest BCUT2D eigenvalue weighted by atomic mass is 16.5. The van der Waals surface area contributed by atoms with Crippen molar-refractivity contribution < 1.29 is 14.6 Å². The third-order valence-corrected chi connectivity index (χ3v) is 1.25. The van der Waals surface area contributed by atoms with Crippen molar-refractivity contribution >= 4 is 5.97 Å². The van der Waals surface area contributed by atoms with Gasteiger partial charge in [-0.3, -0.25) is 0 Å². The highest BCUT2D eigenvalue weighted by Gasteiger charge is 2.10. The molecule has 1 N–H and O–H groups in total. The largest absolute Gasteiger partial charge is 0.475 e. The van der Waals surface area contributed by atoms with E-state index in [0.717, 1.165) is 0 Å². The van der Waals surface area contributed by atoms with Crippen LogP contribution in [-0.4, -0.2) is 32.6 Å². The van der Waals surface area contributed by atoms with E-state index >= 15 is 0 Å². The van der Waals surface area contributed by atoms with E-state index in [0.29, 0.717) is 5.82 Å². The van der Waals surface area contributed by atoms with Gasteiger partial charge in [0.15, 0.2) is 0 Å². The van der Waals surface area contributed by atoms with E-state index in [4.69, 9.17) is 9.84 Å². The monoisotopic (exact) mass is 195 g/mol. The zero-order chi connectivity index (χ0) is 10.6. The van der Waals surface area contributed by atoms with Gasteiger partial charge in [-0.2, -0.15) is 9.97 Å². The first-order valence-corrected chi connectivity index (χ1v) is 3.83. The first-order chi connectivity index (χ1) is 6.63. The van der Waals surface area contributed by atoms with Crippen LogP contribution in [0.3, 0.4) is 0 Å². The van der Waals surface area contributed by atoms with Crippen molar-refractivity contribution in [3.05, 3.63) is 24.3 Å². The highest BCUT2D eigenvalue weighted by molar-refractivity contribution is 5.83. The third kappa shape index (κ3) is 2.51. The van der Waals surface area contributed by atoms with E-state index in [9.17, 15) is 4.79 Å². The standard InChI is InChI=1S/C8H9N3O3/c1-3-4-14-8-10-5(2)9-6(11-8)7(12)13/h3H,1,4H2,2H3,(H,12,13). The summed E-state index contributed by atoms with van der Waals surface area (Å²) in [7, 11) is 0. The van der Waals surface area contributed by atoms with Gasteiger partial charge in [-0.05, 0) is 6.92 Å². The molecule has 0 radical (unpaired) electrons. The first kappa shape index (κ1) is 10.1. The summed E-state index contributed by atoms with van der Waals surface area (Å²) in [6.45, 7) is 5.23. The molecule has 0 unspecified atom stereocenters. The second kappa shape index (κ2) is 4.31. The number of aromatic carboxylic acids is 1. The molecular weight excluding hydrogens is 186 g/mol. The van der Waals surface area contributed by atoms with Crippen LogP contribution in [-0.2, 0) is 0 Å². The summed E-state index contributed by atoms with van der Waals surface area (Å²) >= 11 is 0. The summed E-state index contributed by atoms with van der Waals surface area (Å²) in [6.07, 6.45) is 1.51. The van der Waals surface area contributed by atoms with Crippen molar-refractivity contribution in [2.24, 2.45) is 0 Å². The molecule has 0 bridgehead atoms. The zero-order valence-electron chi connectivity index (χ0n) is 7.60. The fourth-order valence-corrected chi connectivity index (χ4v) is 0.751. The molecule has 1 aromatic rings. The average molecular weight is 195 g/mol. The number of carboxylic acids is 1. The molecule has 0 spiro atoms. The predicted octanol–water partition coefficient (Wildman–Crippen LogP) is 0.443. The predicted molar refractivity (Wildman–Crippen MR) is 47.2 cm³/mol. The van der Waals surface area contributed by atoms with Gasteiger partial charge in [-0.1, -0.05) is 12.7 Å². The minimum atomic E-state index is -1.21. The molecule has 1 aromatic heterocycles. The highest BCUT2D eigenvalue weighted by Crippen LogP contribution is 2.03. The molecule has 1 heterocycles. The van der Waals surface area contributed by atoms with Crippen LogP contribution in [0, 0.1) is 6.92 Å². The Balaban J connectivity index is 2.94. The molecule has 0 atom stereocenters. The Labute approximate surface area is 80.3 Å². The van der Waals surface area contributed by atoms with Crippen molar-refractivity contribution in [2.75, 3.05) is 6.61 Å². The van der Waals surface area contributed by atoms with Gasteiger partial charge in [0.2, 0.25) is 5.82 Å². The van der Waals surface area contributed by atoms with Crippen LogP contribution in [0.2, 0.25) is 0 Å². The third-order valence-electron chi connectivity index (χ3n) is 1.25. The van der Waals surface area contributed by atoms with Gasteiger partial charge in [0.05, 0.1) is 0 Å². The van der Waals surface area contributed by atoms with Crippen molar-refractivity contribution in [1.82, 2.24) is 15.0 Å². The second-order valence-corrected chi connectivity index (χ2v) is 2.39. The Hall–Kier alpha value is -1.98. The first-order valence-electron chi connectivity index (χ1n) is 3.83. The molecule has 0 aromatic carbocycles. The molecule has 0 saturated carbocycles. The number of nitrogens with zero attached hydrogens (tertiary/aromatic N) is 3. The van der Waals surface area contributed by atoms with Gasteiger partial charge in [0, 0.05) is 0 Å². The maximum Gasteiger partial charge on any atom is 0.374 e. The molecule has 1 rings (SSSR count). The summed E-state index contributed by atoms with van der Waals surface area (Å²) < 4.78 is 4.98. The molecule has 74 valence electrons. The molecule has 0 aliphatic rings. The van der Waals surface area contributed by atoms with Crippen LogP contribution in [0.15, 0.2) is 12.7 Å². The Morgan fingerprint density at radius 3 is 2.86 bits per heavy atom. The molecule has 0 aliphatic heterocycles. The number of aromatic nitrogens is 3. The summed E-state index contributed by atoms with van der Waals surface area (Å²) in [5.41, 5.74) is 0. The molecule has 14 heavy (non-hydrogen) atoms. The van der Waals surface area contributed by atoms with Crippen LogP contribution >= 0.6 is 0 Å².